The molecule has 0 bridgehead atoms. The summed E-state index contributed by atoms with van der Waals surface area (Å²) in [7, 11) is 0. The first-order chi connectivity index (χ1) is 15.2. The summed E-state index contributed by atoms with van der Waals surface area (Å²) >= 11 is 0. The highest BCUT2D eigenvalue weighted by molar-refractivity contribution is 5.91. The molecule has 5 rings (SSSR count). The van der Waals surface area contributed by atoms with E-state index in [9.17, 15) is 25.2 Å². The fourth-order valence-electron chi connectivity index (χ4n) is 8.08. The summed E-state index contributed by atoms with van der Waals surface area (Å²) in [6, 6.07) is 0. The Hall–Kier alpha value is -0.830. The number of ether oxygens (including phenoxy) is 2. The van der Waals surface area contributed by atoms with Crippen LogP contribution < -0.4 is 0 Å². The van der Waals surface area contributed by atoms with Crippen LogP contribution in [0.4, 0.5) is 0 Å². The molecule has 32 heavy (non-hydrogen) atoms. The summed E-state index contributed by atoms with van der Waals surface area (Å²) in [4.78, 5) is 12.0. The number of carbonyl (C=O) groups is 1. The molecule has 0 radical (unpaired) electrons. The van der Waals surface area contributed by atoms with Crippen molar-refractivity contribution in [1.82, 2.24) is 0 Å². The van der Waals surface area contributed by atoms with Crippen LogP contribution in [0.2, 0.25) is 0 Å². The molecule has 1 aliphatic heterocycles. The number of fused-ring (bicyclic) bond motifs is 5. The number of hydrogen-bond acceptors (Lipinski definition) is 7. The summed E-state index contributed by atoms with van der Waals surface area (Å²) in [5, 5.41) is 40.2. The van der Waals surface area contributed by atoms with Crippen LogP contribution in [0.1, 0.15) is 65.2 Å². The van der Waals surface area contributed by atoms with E-state index in [2.05, 4.69) is 13.8 Å². The lowest BCUT2D eigenvalue weighted by Gasteiger charge is -2.58. The van der Waals surface area contributed by atoms with Crippen molar-refractivity contribution in [3.8, 4) is 0 Å². The first kappa shape index (κ1) is 22.9. The molecule has 0 aromatic carbocycles. The molecule has 4 aliphatic carbocycles. The molecule has 0 spiro atoms. The summed E-state index contributed by atoms with van der Waals surface area (Å²) in [6.45, 7) is 4.23. The second kappa shape index (κ2) is 8.14. The minimum Gasteiger partial charge on any atom is -0.394 e. The standard InChI is InChI=1S/C25H38O7/c1-24-9-7-14(27)11-13(24)3-4-15-16-5-6-19(25(16,2)10-8-17(15)24)32-23-22(30)21(29)20(28)18(12-26)31-23/h11,15-23,26,28-30H,3-10,12H2,1-2H3/t15-,16-,17-,18+,19-,20+,21?,22?,23+,24-,25-/m0/s1. The van der Waals surface area contributed by atoms with Crippen LogP contribution in [0.15, 0.2) is 11.6 Å². The molecule has 5 aliphatic rings. The predicted molar refractivity (Wildman–Crippen MR) is 115 cm³/mol. The molecule has 0 aromatic heterocycles. The number of ketones is 1. The molecule has 2 unspecified atom stereocenters. The van der Waals surface area contributed by atoms with Crippen molar-refractivity contribution >= 4 is 5.78 Å². The van der Waals surface area contributed by atoms with Crippen molar-refractivity contribution in [3.05, 3.63) is 11.6 Å². The fourth-order valence-corrected chi connectivity index (χ4v) is 8.08. The number of allylic oxidation sites excluding steroid dienone is 1. The summed E-state index contributed by atoms with van der Waals surface area (Å²) in [5.74, 6) is 2.00. The van der Waals surface area contributed by atoms with E-state index in [0.717, 1.165) is 44.9 Å². The van der Waals surface area contributed by atoms with Gasteiger partial charge in [0.2, 0.25) is 0 Å². The maximum absolute atomic E-state index is 12.0. The van der Waals surface area contributed by atoms with Gasteiger partial charge in [-0.15, -0.1) is 0 Å². The van der Waals surface area contributed by atoms with E-state index in [-0.39, 0.29) is 22.7 Å². The second-order valence-corrected chi connectivity index (χ2v) is 11.4. The van der Waals surface area contributed by atoms with Gasteiger partial charge in [-0.2, -0.15) is 0 Å². The van der Waals surface area contributed by atoms with Crippen molar-refractivity contribution in [2.45, 2.75) is 102 Å². The molecule has 3 saturated carbocycles. The van der Waals surface area contributed by atoms with Crippen LogP contribution in [0, 0.1) is 28.6 Å². The minimum atomic E-state index is -1.41. The Balaban J connectivity index is 1.33. The number of hydrogen-bond donors (Lipinski definition) is 4. The van der Waals surface area contributed by atoms with E-state index in [4.69, 9.17) is 9.47 Å². The van der Waals surface area contributed by atoms with Gasteiger partial charge >= 0.3 is 0 Å². The van der Waals surface area contributed by atoms with Crippen LogP contribution in [0.25, 0.3) is 0 Å². The Bertz CT molecular complexity index is 780. The molecule has 7 heteroatoms. The minimum absolute atomic E-state index is 0.0396. The molecule has 11 atom stereocenters. The zero-order chi connectivity index (χ0) is 22.8. The lowest BCUT2D eigenvalue weighted by molar-refractivity contribution is -0.319. The number of carbonyl (C=O) groups excluding carboxylic acids is 1. The Morgan fingerprint density at radius 1 is 1.00 bits per heavy atom. The molecule has 1 saturated heterocycles. The second-order valence-electron chi connectivity index (χ2n) is 11.4. The van der Waals surface area contributed by atoms with Crippen LogP contribution in [0.5, 0.6) is 0 Å². The smallest absolute Gasteiger partial charge is 0.186 e. The Labute approximate surface area is 189 Å². The van der Waals surface area contributed by atoms with Gasteiger partial charge in [-0.05, 0) is 79.6 Å². The van der Waals surface area contributed by atoms with Crippen molar-refractivity contribution in [2.75, 3.05) is 6.61 Å². The maximum Gasteiger partial charge on any atom is 0.186 e. The lowest BCUT2D eigenvalue weighted by atomic mass is 9.47. The third-order valence-electron chi connectivity index (χ3n) is 10.0. The highest BCUT2D eigenvalue weighted by atomic mass is 16.7. The van der Waals surface area contributed by atoms with Crippen LogP contribution in [-0.2, 0) is 14.3 Å². The van der Waals surface area contributed by atoms with Gasteiger partial charge in [0, 0.05) is 6.42 Å². The molecule has 4 fully saturated rings. The van der Waals surface area contributed by atoms with Crippen LogP contribution in [0.3, 0.4) is 0 Å². The topological polar surface area (TPSA) is 116 Å². The quantitative estimate of drug-likeness (QED) is 0.517. The average molecular weight is 451 g/mol. The molecule has 180 valence electrons. The van der Waals surface area contributed by atoms with Crippen molar-refractivity contribution in [3.63, 3.8) is 0 Å². The van der Waals surface area contributed by atoms with E-state index in [1.165, 1.54) is 5.57 Å². The summed E-state index contributed by atoms with van der Waals surface area (Å²) in [6.07, 6.45) is 3.50. The zero-order valence-corrected chi connectivity index (χ0v) is 19.2. The van der Waals surface area contributed by atoms with Gasteiger partial charge in [-0.1, -0.05) is 19.4 Å². The molecule has 1 heterocycles. The van der Waals surface area contributed by atoms with Crippen LogP contribution in [-0.4, -0.2) is 69.6 Å². The van der Waals surface area contributed by atoms with E-state index in [1.54, 1.807) is 0 Å². The third-order valence-corrected chi connectivity index (χ3v) is 10.0. The first-order valence-electron chi connectivity index (χ1n) is 12.4. The Kier molecular flexibility index (Phi) is 5.83. The van der Waals surface area contributed by atoms with Crippen molar-refractivity contribution < 1.29 is 34.7 Å². The SMILES string of the molecule is C[C@]12CC[C@H]3[C@@H](CCC4=CC(=O)CC[C@@]43C)[C@@H]1CC[C@@H]2O[C@H]1O[C@H](CO)[C@@H](O)C(O)C1O. The van der Waals surface area contributed by atoms with Crippen LogP contribution >= 0.6 is 0 Å². The molecular formula is C25H38O7. The van der Waals surface area contributed by atoms with Gasteiger partial charge < -0.3 is 29.9 Å². The van der Waals surface area contributed by atoms with Gasteiger partial charge in [0.1, 0.15) is 24.4 Å². The van der Waals surface area contributed by atoms with Gasteiger partial charge in [0.05, 0.1) is 12.7 Å². The fraction of sp³-hybridized carbons (Fsp3) is 0.880. The van der Waals surface area contributed by atoms with Crippen molar-refractivity contribution in [2.24, 2.45) is 28.6 Å². The van der Waals surface area contributed by atoms with E-state index < -0.39 is 37.3 Å². The Morgan fingerprint density at radius 3 is 2.53 bits per heavy atom. The molecular weight excluding hydrogens is 412 g/mol. The molecule has 0 amide bonds. The predicted octanol–water partition coefficient (Wildman–Crippen LogP) is 1.70. The largest absolute Gasteiger partial charge is 0.394 e. The van der Waals surface area contributed by atoms with Gasteiger partial charge in [0.25, 0.3) is 0 Å². The van der Waals surface area contributed by atoms with E-state index >= 15 is 0 Å². The molecule has 7 nitrogen and oxygen atoms in total. The average Bonchev–Trinajstić information content (AvgIpc) is 3.10. The lowest BCUT2D eigenvalue weighted by Crippen LogP contribution is -2.60. The van der Waals surface area contributed by atoms with E-state index in [0.29, 0.717) is 24.2 Å². The third kappa shape index (κ3) is 3.35. The molecule has 0 aromatic rings. The van der Waals surface area contributed by atoms with Gasteiger partial charge in [0.15, 0.2) is 12.1 Å². The highest BCUT2D eigenvalue weighted by Gasteiger charge is 2.60. The van der Waals surface area contributed by atoms with E-state index in [1.807, 2.05) is 6.08 Å². The summed E-state index contributed by atoms with van der Waals surface area (Å²) < 4.78 is 12.0. The van der Waals surface area contributed by atoms with Gasteiger partial charge in [-0.25, -0.2) is 0 Å². The zero-order valence-electron chi connectivity index (χ0n) is 19.2. The number of rotatable bonds is 3. The number of aliphatic hydroxyl groups is 4. The number of aliphatic hydroxyl groups excluding tert-OH is 4. The highest BCUT2D eigenvalue weighted by Crippen LogP contribution is 2.65. The monoisotopic (exact) mass is 450 g/mol. The molecule has 4 N–H and O–H groups in total. The van der Waals surface area contributed by atoms with Crippen molar-refractivity contribution in [1.29, 1.82) is 0 Å². The summed E-state index contributed by atoms with van der Waals surface area (Å²) in [5.41, 5.74) is 1.46. The normalized spacial score (nSPS) is 53.2. The Morgan fingerprint density at radius 2 is 1.78 bits per heavy atom. The maximum atomic E-state index is 12.0. The first-order valence-corrected chi connectivity index (χ1v) is 12.4. The van der Waals surface area contributed by atoms with Gasteiger partial charge in [-0.3, -0.25) is 4.79 Å².